The van der Waals surface area contributed by atoms with Crippen molar-refractivity contribution in [1.82, 2.24) is 14.9 Å². The molecule has 5 nitrogen and oxygen atoms in total. The Kier molecular flexibility index (Phi) is 4.34. The highest BCUT2D eigenvalue weighted by Crippen LogP contribution is 2.23. The quantitative estimate of drug-likeness (QED) is 0.783. The summed E-state index contributed by atoms with van der Waals surface area (Å²) in [5.74, 6) is 0.723. The number of carbonyl (C=O) groups is 1. The third kappa shape index (κ3) is 3.07. The topological polar surface area (TPSA) is 56.1 Å². The highest BCUT2D eigenvalue weighted by atomic mass is 32.1. The molecule has 120 valence electrons. The minimum atomic E-state index is -0.0650. The highest BCUT2D eigenvalue weighted by Gasteiger charge is 2.13. The zero-order valence-electron chi connectivity index (χ0n) is 13.4. The summed E-state index contributed by atoms with van der Waals surface area (Å²) in [6.45, 7) is 2.59. The predicted octanol–water partition coefficient (Wildman–Crippen LogP) is 2.92. The summed E-state index contributed by atoms with van der Waals surface area (Å²) in [4.78, 5) is 17.9. The van der Waals surface area contributed by atoms with Crippen LogP contribution in [0, 0.1) is 6.92 Å². The minimum absolute atomic E-state index is 0.0650. The lowest BCUT2D eigenvalue weighted by molar-refractivity contribution is 0.0946. The lowest BCUT2D eigenvalue weighted by atomic mass is 10.2. The van der Waals surface area contributed by atoms with E-state index in [9.17, 15) is 4.79 Å². The number of benzene rings is 1. The number of hydrogen-bond donors (Lipinski definition) is 1. The van der Waals surface area contributed by atoms with Gasteiger partial charge in [-0.15, -0.1) is 11.3 Å². The zero-order chi connectivity index (χ0) is 16.4. The van der Waals surface area contributed by atoms with E-state index in [0.29, 0.717) is 12.2 Å². The number of nitrogens with zero attached hydrogens (tertiary/aromatic N) is 2. The van der Waals surface area contributed by atoms with E-state index < -0.39 is 0 Å². The molecule has 0 radical (unpaired) electrons. The summed E-state index contributed by atoms with van der Waals surface area (Å²) in [7, 11) is 3.54. The molecule has 0 saturated heterocycles. The van der Waals surface area contributed by atoms with Crippen LogP contribution in [0.3, 0.4) is 0 Å². The summed E-state index contributed by atoms with van der Waals surface area (Å²) >= 11 is 1.63. The minimum Gasteiger partial charge on any atom is -0.497 e. The SMILES string of the molecule is COc1ccc2c(c1)cc(C(=O)NCCc1scnc1C)n2C. The number of aryl methyl sites for hydroxylation is 2. The van der Waals surface area contributed by atoms with Crippen LogP contribution in [0.15, 0.2) is 29.8 Å². The van der Waals surface area contributed by atoms with E-state index in [1.54, 1.807) is 18.4 Å². The Hall–Kier alpha value is -2.34. The first-order valence-electron chi connectivity index (χ1n) is 7.41. The Morgan fingerprint density at radius 3 is 2.91 bits per heavy atom. The molecule has 0 atom stereocenters. The van der Waals surface area contributed by atoms with E-state index >= 15 is 0 Å². The van der Waals surface area contributed by atoms with Crippen molar-refractivity contribution in [3.05, 3.63) is 46.0 Å². The molecule has 0 aliphatic carbocycles. The van der Waals surface area contributed by atoms with Crippen molar-refractivity contribution in [2.24, 2.45) is 7.05 Å². The molecule has 0 bridgehead atoms. The number of nitrogens with one attached hydrogen (secondary N) is 1. The molecular formula is C17H19N3O2S. The van der Waals surface area contributed by atoms with Gasteiger partial charge in [-0.05, 0) is 31.2 Å². The maximum atomic E-state index is 12.4. The molecule has 23 heavy (non-hydrogen) atoms. The van der Waals surface area contributed by atoms with E-state index in [0.717, 1.165) is 28.8 Å². The van der Waals surface area contributed by atoms with Gasteiger partial charge in [0.2, 0.25) is 0 Å². The number of thiazole rings is 1. The first-order chi connectivity index (χ1) is 11.1. The summed E-state index contributed by atoms with van der Waals surface area (Å²) < 4.78 is 7.14. The lowest BCUT2D eigenvalue weighted by Gasteiger charge is -2.06. The molecule has 6 heteroatoms. The third-order valence-electron chi connectivity index (χ3n) is 3.96. The van der Waals surface area contributed by atoms with Crippen molar-refractivity contribution in [2.45, 2.75) is 13.3 Å². The van der Waals surface area contributed by atoms with Crippen LogP contribution >= 0.6 is 11.3 Å². The van der Waals surface area contributed by atoms with E-state index in [1.807, 2.05) is 48.3 Å². The first kappa shape index (κ1) is 15.6. The highest BCUT2D eigenvalue weighted by molar-refractivity contribution is 7.09. The molecule has 1 aromatic carbocycles. The standard InChI is InChI=1S/C17H19N3O2S/c1-11-16(23-10-19-11)6-7-18-17(21)15-9-12-8-13(22-3)4-5-14(12)20(15)2/h4-5,8-10H,6-7H2,1-3H3,(H,18,21). The molecule has 0 aliphatic rings. The second kappa shape index (κ2) is 6.42. The van der Waals surface area contributed by atoms with E-state index in [4.69, 9.17) is 4.74 Å². The predicted molar refractivity (Wildman–Crippen MR) is 92.4 cm³/mol. The smallest absolute Gasteiger partial charge is 0.267 e. The van der Waals surface area contributed by atoms with Gasteiger partial charge in [0.1, 0.15) is 11.4 Å². The van der Waals surface area contributed by atoms with E-state index in [-0.39, 0.29) is 5.91 Å². The Bertz CT molecular complexity index is 851. The largest absolute Gasteiger partial charge is 0.497 e. The summed E-state index contributed by atoms with van der Waals surface area (Å²) in [5.41, 5.74) is 4.54. The Morgan fingerprint density at radius 2 is 2.22 bits per heavy atom. The lowest BCUT2D eigenvalue weighted by Crippen LogP contribution is -2.27. The number of ether oxygens (including phenoxy) is 1. The third-order valence-corrected chi connectivity index (χ3v) is 4.96. The fourth-order valence-electron chi connectivity index (χ4n) is 2.62. The summed E-state index contributed by atoms with van der Waals surface area (Å²) in [5, 5.41) is 3.98. The molecule has 0 aliphatic heterocycles. The van der Waals surface area contributed by atoms with Crippen molar-refractivity contribution >= 4 is 28.1 Å². The van der Waals surface area contributed by atoms with Crippen LogP contribution < -0.4 is 10.1 Å². The molecule has 0 spiro atoms. The molecule has 2 aromatic heterocycles. The fraction of sp³-hybridized carbons (Fsp3) is 0.294. The molecule has 1 amide bonds. The maximum absolute atomic E-state index is 12.4. The van der Waals surface area contributed by atoms with Crippen molar-refractivity contribution in [3.63, 3.8) is 0 Å². The van der Waals surface area contributed by atoms with Crippen LogP contribution in [0.1, 0.15) is 21.1 Å². The van der Waals surface area contributed by atoms with Gasteiger partial charge in [-0.2, -0.15) is 0 Å². The molecular weight excluding hydrogens is 310 g/mol. The molecule has 1 N–H and O–H groups in total. The molecule has 3 aromatic rings. The zero-order valence-corrected chi connectivity index (χ0v) is 14.2. The average molecular weight is 329 g/mol. The number of hydrogen-bond acceptors (Lipinski definition) is 4. The molecule has 0 saturated carbocycles. The molecule has 3 rings (SSSR count). The van der Waals surface area contributed by atoms with Crippen LogP contribution in [-0.2, 0) is 13.5 Å². The van der Waals surface area contributed by atoms with Gasteiger partial charge in [0, 0.05) is 35.8 Å². The normalized spacial score (nSPS) is 10.9. The van der Waals surface area contributed by atoms with Crippen LogP contribution in [0.25, 0.3) is 10.9 Å². The molecule has 0 fully saturated rings. The number of fused-ring (bicyclic) bond motifs is 1. The van der Waals surface area contributed by atoms with Crippen LogP contribution in [0.2, 0.25) is 0 Å². The molecule has 0 unspecified atom stereocenters. The van der Waals surface area contributed by atoms with Gasteiger partial charge in [-0.3, -0.25) is 4.79 Å². The van der Waals surface area contributed by atoms with Gasteiger partial charge in [-0.1, -0.05) is 0 Å². The number of amides is 1. The van der Waals surface area contributed by atoms with Crippen LogP contribution in [-0.4, -0.2) is 29.1 Å². The first-order valence-corrected chi connectivity index (χ1v) is 8.28. The maximum Gasteiger partial charge on any atom is 0.267 e. The monoisotopic (exact) mass is 329 g/mol. The number of methoxy groups -OCH3 is 1. The van der Waals surface area contributed by atoms with Crippen LogP contribution in [0.4, 0.5) is 0 Å². The number of aromatic nitrogens is 2. The summed E-state index contributed by atoms with van der Waals surface area (Å²) in [6, 6.07) is 7.69. The second-order valence-corrected chi connectivity index (χ2v) is 6.32. The Morgan fingerprint density at radius 1 is 1.39 bits per heavy atom. The van der Waals surface area contributed by atoms with E-state index in [1.165, 1.54) is 4.88 Å². The van der Waals surface area contributed by atoms with Gasteiger partial charge in [0.05, 0.1) is 18.3 Å². The van der Waals surface area contributed by atoms with Gasteiger partial charge >= 0.3 is 0 Å². The van der Waals surface area contributed by atoms with E-state index in [2.05, 4.69) is 10.3 Å². The number of rotatable bonds is 5. The number of carbonyl (C=O) groups excluding carboxylic acids is 1. The van der Waals surface area contributed by atoms with Gasteiger partial charge in [0.15, 0.2) is 0 Å². The summed E-state index contributed by atoms with van der Waals surface area (Å²) in [6.07, 6.45) is 0.806. The Balaban J connectivity index is 1.73. The van der Waals surface area contributed by atoms with Crippen molar-refractivity contribution in [3.8, 4) is 5.75 Å². The second-order valence-electron chi connectivity index (χ2n) is 5.38. The fourth-order valence-corrected chi connectivity index (χ4v) is 3.40. The average Bonchev–Trinajstić information content (AvgIpc) is 3.11. The van der Waals surface area contributed by atoms with Crippen molar-refractivity contribution < 1.29 is 9.53 Å². The van der Waals surface area contributed by atoms with Gasteiger partial charge < -0.3 is 14.6 Å². The van der Waals surface area contributed by atoms with Gasteiger partial charge in [-0.25, -0.2) is 4.98 Å². The molecule has 2 heterocycles. The van der Waals surface area contributed by atoms with Crippen LogP contribution in [0.5, 0.6) is 5.75 Å². The van der Waals surface area contributed by atoms with Crippen molar-refractivity contribution in [1.29, 1.82) is 0 Å². The van der Waals surface area contributed by atoms with Crippen molar-refractivity contribution in [2.75, 3.05) is 13.7 Å². The Labute approximate surface area is 138 Å². The van der Waals surface area contributed by atoms with Gasteiger partial charge in [0.25, 0.3) is 5.91 Å².